The first-order chi connectivity index (χ1) is 11.1. The third-order valence-electron chi connectivity index (χ3n) is 3.21. The largest absolute Gasteiger partial charge is 0.472 e. The summed E-state index contributed by atoms with van der Waals surface area (Å²) in [7, 11) is 1.53. The van der Waals surface area contributed by atoms with Crippen molar-refractivity contribution in [1.82, 2.24) is 35.0 Å². The van der Waals surface area contributed by atoms with Crippen molar-refractivity contribution in [2.45, 2.75) is 20.0 Å². The van der Waals surface area contributed by atoms with Crippen LogP contribution < -0.4 is 10.4 Å². The number of ether oxygens (including phenoxy) is 1. The van der Waals surface area contributed by atoms with Crippen LogP contribution in [0.15, 0.2) is 29.3 Å². The average molecular weight is 303 g/mol. The number of aryl methyl sites for hydroxylation is 2. The quantitative estimate of drug-likeness (QED) is 0.723. The first-order valence-electron chi connectivity index (χ1n) is 7.18. The van der Waals surface area contributed by atoms with Crippen molar-refractivity contribution in [3.63, 3.8) is 0 Å². The molecule has 22 heavy (non-hydrogen) atoms. The Morgan fingerprint density at radius 1 is 1.41 bits per heavy atom. The zero-order valence-corrected chi connectivity index (χ0v) is 12.2. The Kier molecular flexibility index (Phi) is 3.36. The van der Waals surface area contributed by atoms with Gasteiger partial charge in [-0.05, 0) is 22.9 Å². The zero-order chi connectivity index (χ0) is 16.4. The summed E-state index contributed by atoms with van der Waals surface area (Å²) < 4.78 is 15.3. The van der Waals surface area contributed by atoms with Crippen molar-refractivity contribution in [2.75, 3.05) is 0 Å². The lowest BCUT2D eigenvalue weighted by molar-refractivity contribution is 0.291. The van der Waals surface area contributed by atoms with Crippen molar-refractivity contribution in [3.8, 4) is 11.6 Å². The highest BCUT2D eigenvalue weighted by Crippen LogP contribution is 2.18. The average Bonchev–Trinajstić information content (AvgIpc) is 3.11. The summed E-state index contributed by atoms with van der Waals surface area (Å²) in [6.07, 6.45) is 3.76. The first-order valence-corrected chi connectivity index (χ1v) is 6.74. The van der Waals surface area contributed by atoms with Crippen molar-refractivity contribution in [2.24, 2.45) is 7.05 Å². The molecular weight excluding hydrogens is 286 g/mol. The SMILES string of the molecule is [3H]n1ccc(OCc2c(-n3nnn(C)c3=O)ccnc2CC)n1. The topological polar surface area (TPSA) is 104 Å². The van der Waals surface area contributed by atoms with Gasteiger partial charge in [-0.3, -0.25) is 10.1 Å². The van der Waals surface area contributed by atoms with Crippen LogP contribution in [0, 0.1) is 0 Å². The molecule has 1 N–H and O–H groups in total. The third-order valence-corrected chi connectivity index (χ3v) is 3.21. The number of pyridine rings is 1. The lowest BCUT2D eigenvalue weighted by Gasteiger charge is -2.12. The summed E-state index contributed by atoms with van der Waals surface area (Å²) in [5, 5.41) is 12.3. The Hall–Kier alpha value is -2.97. The van der Waals surface area contributed by atoms with Gasteiger partial charge in [0.15, 0.2) is 1.41 Å². The molecule has 9 nitrogen and oxygen atoms in total. The van der Waals surface area contributed by atoms with Crippen LogP contribution in [-0.4, -0.2) is 35.0 Å². The van der Waals surface area contributed by atoms with Crippen molar-refractivity contribution < 1.29 is 6.15 Å². The van der Waals surface area contributed by atoms with Gasteiger partial charge in [0.2, 0.25) is 5.88 Å². The standard InChI is InChI=1S/C13H15N7O2/c1-3-10-9(8-22-12-5-7-15-16-12)11(4-6-14-10)20-13(21)19(2)17-18-20/h4-7H,3,8H2,1-2H3,(H,15,16)/i/hT. The lowest BCUT2D eigenvalue weighted by Crippen LogP contribution is -2.23. The predicted molar refractivity (Wildman–Crippen MR) is 76.7 cm³/mol. The second kappa shape index (κ2) is 5.80. The van der Waals surface area contributed by atoms with Gasteiger partial charge >= 0.3 is 5.69 Å². The van der Waals surface area contributed by atoms with Gasteiger partial charge in [0.1, 0.15) is 6.61 Å². The third kappa shape index (κ3) is 2.48. The summed E-state index contributed by atoms with van der Waals surface area (Å²) in [6.45, 7) is 2.12. The van der Waals surface area contributed by atoms with E-state index >= 15 is 0 Å². The van der Waals surface area contributed by atoms with Gasteiger partial charge < -0.3 is 4.74 Å². The summed E-state index contributed by atoms with van der Waals surface area (Å²) >= 11 is 0. The molecule has 0 saturated heterocycles. The molecular formula is C13H15N7O2. The molecule has 0 amide bonds. The van der Waals surface area contributed by atoms with Crippen LogP contribution in [0.1, 0.15) is 18.2 Å². The smallest absolute Gasteiger partial charge is 0.368 e. The lowest BCUT2D eigenvalue weighted by atomic mass is 10.1. The van der Waals surface area contributed by atoms with Crippen molar-refractivity contribution >= 4 is 0 Å². The Morgan fingerprint density at radius 2 is 2.27 bits per heavy atom. The minimum absolute atomic E-state index is 0.159. The van der Waals surface area contributed by atoms with E-state index in [0.29, 0.717) is 18.0 Å². The number of nitrogens with one attached hydrogen (secondary N) is 1. The van der Waals surface area contributed by atoms with Gasteiger partial charge in [-0.2, -0.15) is 9.36 Å². The molecule has 0 aliphatic carbocycles. The number of aromatic nitrogens is 7. The van der Waals surface area contributed by atoms with E-state index in [9.17, 15) is 4.79 Å². The van der Waals surface area contributed by atoms with Crippen LogP contribution in [0.3, 0.4) is 0 Å². The van der Waals surface area contributed by atoms with Gasteiger partial charge in [-0.25, -0.2) is 4.79 Å². The molecule has 0 saturated carbocycles. The van der Waals surface area contributed by atoms with E-state index in [-0.39, 0.29) is 12.3 Å². The van der Waals surface area contributed by atoms with Crippen LogP contribution in [-0.2, 0) is 20.1 Å². The van der Waals surface area contributed by atoms with Gasteiger partial charge in [-0.1, -0.05) is 6.92 Å². The van der Waals surface area contributed by atoms with Gasteiger partial charge in [0.05, 0.1) is 5.69 Å². The molecule has 3 heterocycles. The molecule has 0 aliphatic heterocycles. The van der Waals surface area contributed by atoms with E-state index < -0.39 is 0 Å². The van der Waals surface area contributed by atoms with E-state index in [1.54, 1.807) is 18.3 Å². The monoisotopic (exact) mass is 303 g/mol. The highest BCUT2D eigenvalue weighted by atomic mass is 16.5. The van der Waals surface area contributed by atoms with Gasteiger partial charge in [-0.15, -0.1) is 5.10 Å². The fraction of sp³-hybridized carbons (Fsp3) is 0.308. The summed E-state index contributed by atoms with van der Waals surface area (Å²) in [5.41, 5.74) is 1.75. The normalized spacial score (nSPS) is 11.5. The molecule has 0 spiro atoms. The number of tetrazole rings is 1. The summed E-state index contributed by atoms with van der Waals surface area (Å²) in [4.78, 5) is 16.4. The van der Waals surface area contributed by atoms with E-state index in [0.717, 1.165) is 21.0 Å². The number of hydrogen-bond acceptors (Lipinski definition) is 6. The zero-order valence-electron chi connectivity index (χ0n) is 13.2. The van der Waals surface area contributed by atoms with Crippen LogP contribution in [0.2, 0.25) is 1.41 Å². The molecule has 0 fully saturated rings. The fourth-order valence-electron chi connectivity index (χ4n) is 2.09. The maximum absolute atomic E-state index is 12.1. The van der Waals surface area contributed by atoms with E-state index in [1.807, 2.05) is 6.92 Å². The van der Waals surface area contributed by atoms with Crippen LogP contribution in [0.25, 0.3) is 5.69 Å². The van der Waals surface area contributed by atoms with E-state index in [2.05, 4.69) is 20.5 Å². The Labute approximate surface area is 127 Å². The maximum Gasteiger partial charge on any atom is 0.368 e. The summed E-state index contributed by atoms with van der Waals surface area (Å²) in [5.74, 6) is 0.323. The minimum Gasteiger partial charge on any atom is -0.472 e. The Balaban J connectivity index is 2.00. The van der Waals surface area contributed by atoms with E-state index in [4.69, 9.17) is 6.15 Å². The van der Waals surface area contributed by atoms with Crippen LogP contribution >= 0.6 is 0 Å². The Bertz CT molecular complexity index is 883. The molecule has 0 aliphatic rings. The molecule has 0 radical (unpaired) electrons. The maximum atomic E-state index is 12.1. The summed E-state index contributed by atoms with van der Waals surface area (Å²) in [6, 6.07) is 3.28. The molecule has 3 rings (SSSR count). The highest BCUT2D eigenvalue weighted by Gasteiger charge is 2.15. The molecule has 0 aromatic carbocycles. The molecule has 9 heteroatoms. The van der Waals surface area contributed by atoms with Crippen LogP contribution in [0.5, 0.6) is 5.88 Å². The number of aromatic amines is 1. The predicted octanol–water partition coefficient (Wildman–Crippen LogP) is 0.225. The minimum atomic E-state index is -0.352. The number of rotatable bonds is 5. The highest BCUT2D eigenvalue weighted by molar-refractivity contribution is 5.41. The molecule has 114 valence electrons. The second-order valence-electron chi connectivity index (χ2n) is 4.56. The van der Waals surface area contributed by atoms with E-state index in [1.165, 1.54) is 17.9 Å². The van der Waals surface area contributed by atoms with Crippen molar-refractivity contribution in [1.29, 1.82) is 0 Å². The van der Waals surface area contributed by atoms with Crippen molar-refractivity contribution in [3.05, 3.63) is 46.3 Å². The number of H-pyrrole nitrogens is 1. The molecule has 3 aromatic heterocycles. The van der Waals surface area contributed by atoms with Gasteiger partial charge in [0, 0.05) is 36.8 Å². The Morgan fingerprint density at radius 3 is 2.91 bits per heavy atom. The fourth-order valence-corrected chi connectivity index (χ4v) is 2.09. The van der Waals surface area contributed by atoms with Crippen LogP contribution in [0.4, 0.5) is 0 Å². The number of nitrogens with zero attached hydrogens (tertiary/aromatic N) is 6. The second-order valence-corrected chi connectivity index (χ2v) is 4.56. The van der Waals surface area contributed by atoms with Gasteiger partial charge in [0.25, 0.3) is 0 Å². The number of hydrogen-bond donors (Lipinski definition) is 1. The molecule has 0 unspecified atom stereocenters. The molecule has 3 aromatic rings. The first kappa shape index (κ1) is 12.7. The molecule has 0 bridgehead atoms. The molecule has 0 atom stereocenters.